The first-order valence-corrected chi connectivity index (χ1v) is 6.24. The van der Waals surface area contributed by atoms with E-state index in [4.69, 9.17) is 5.26 Å². The monoisotopic (exact) mass is 260 g/mol. The number of hydrogen-bond donors (Lipinski definition) is 2. The smallest absolute Gasteiger partial charge is 0.321 e. The molecule has 19 heavy (non-hydrogen) atoms. The van der Waals surface area contributed by atoms with Gasteiger partial charge in [0.1, 0.15) is 0 Å². The van der Waals surface area contributed by atoms with Crippen molar-refractivity contribution in [1.82, 2.24) is 10.2 Å². The van der Waals surface area contributed by atoms with Crippen LogP contribution < -0.4 is 10.6 Å². The lowest BCUT2D eigenvalue weighted by atomic mass is 10.1. The molecule has 102 valence electrons. The maximum Gasteiger partial charge on any atom is 0.321 e. The third-order valence-corrected chi connectivity index (χ3v) is 2.98. The molecule has 1 unspecified atom stereocenters. The lowest BCUT2D eigenvalue weighted by Gasteiger charge is -2.17. The summed E-state index contributed by atoms with van der Waals surface area (Å²) < 4.78 is 0. The molecule has 0 spiro atoms. The van der Waals surface area contributed by atoms with Gasteiger partial charge < -0.3 is 15.5 Å². The minimum Gasteiger partial charge on any atom is -0.327 e. The number of anilines is 1. The molecule has 2 amide bonds. The SMILES string of the molecule is CNC(C)c1cccc(NC(=O)N(C)CCC#N)c1. The molecule has 1 rings (SSSR count). The van der Waals surface area contributed by atoms with Crippen molar-refractivity contribution in [2.24, 2.45) is 0 Å². The standard InChI is InChI=1S/C14H20N4O/c1-11(16-2)12-6-4-7-13(10-12)17-14(19)18(3)9-5-8-15/h4,6-7,10-11,16H,5,9H2,1-3H3,(H,17,19). The van der Waals surface area contributed by atoms with Gasteiger partial charge in [0.15, 0.2) is 0 Å². The van der Waals surface area contributed by atoms with Crippen LogP contribution in [0.2, 0.25) is 0 Å². The molecular weight excluding hydrogens is 240 g/mol. The Kier molecular flexibility index (Phi) is 5.83. The third kappa shape index (κ3) is 4.60. The summed E-state index contributed by atoms with van der Waals surface area (Å²) >= 11 is 0. The summed E-state index contributed by atoms with van der Waals surface area (Å²) in [5.74, 6) is 0. The number of carbonyl (C=O) groups excluding carboxylic acids is 1. The molecular formula is C14H20N4O. The molecule has 0 aliphatic carbocycles. The zero-order chi connectivity index (χ0) is 14.3. The van der Waals surface area contributed by atoms with Gasteiger partial charge in [0.2, 0.25) is 0 Å². The largest absolute Gasteiger partial charge is 0.327 e. The molecule has 1 aromatic rings. The number of nitriles is 1. The van der Waals surface area contributed by atoms with Gasteiger partial charge in [0.05, 0.1) is 12.5 Å². The Morgan fingerprint density at radius 2 is 2.26 bits per heavy atom. The van der Waals surface area contributed by atoms with E-state index in [9.17, 15) is 4.79 Å². The van der Waals surface area contributed by atoms with Crippen LogP contribution in [0, 0.1) is 11.3 Å². The Bertz CT molecular complexity index is 467. The summed E-state index contributed by atoms with van der Waals surface area (Å²) in [6, 6.07) is 9.76. The number of nitrogens with one attached hydrogen (secondary N) is 2. The zero-order valence-corrected chi connectivity index (χ0v) is 11.6. The Labute approximate surface area is 114 Å². The molecule has 0 saturated carbocycles. The minimum absolute atomic E-state index is 0.204. The molecule has 0 bridgehead atoms. The van der Waals surface area contributed by atoms with Crippen molar-refractivity contribution in [3.05, 3.63) is 29.8 Å². The molecule has 5 nitrogen and oxygen atoms in total. The van der Waals surface area contributed by atoms with Crippen LogP contribution in [0.25, 0.3) is 0 Å². The van der Waals surface area contributed by atoms with Gasteiger partial charge in [-0.1, -0.05) is 12.1 Å². The van der Waals surface area contributed by atoms with Crippen LogP contribution in [0.4, 0.5) is 10.5 Å². The van der Waals surface area contributed by atoms with E-state index in [2.05, 4.69) is 17.6 Å². The highest BCUT2D eigenvalue weighted by Gasteiger charge is 2.09. The fraction of sp³-hybridized carbons (Fsp3) is 0.429. The van der Waals surface area contributed by atoms with Crippen molar-refractivity contribution in [2.75, 3.05) is 26.0 Å². The summed E-state index contributed by atoms with van der Waals surface area (Å²) in [5, 5.41) is 14.5. The number of urea groups is 1. The van der Waals surface area contributed by atoms with E-state index in [0.717, 1.165) is 11.3 Å². The molecule has 0 aliphatic rings. The number of nitrogens with zero attached hydrogens (tertiary/aromatic N) is 2. The van der Waals surface area contributed by atoms with Crippen LogP contribution in [0.5, 0.6) is 0 Å². The molecule has 1 aromatic carbocycles. The summed E-state index contributed by atoms with van der Waals surface area (Å²) in [5.41, 5.74) is 1.87. The third-order valence-electron chi connectivity index (χ3n) is 2.98. The van der Waals surface area contributed by atoms with Crippen molar-refractivity contribution in [2.45, 2.75) is 19.4 Å². The predicted molar refractivity (Wildman–Crippen MR) is 75.8 cm³/mol. The van der Waals surface area contributed by atoms with E-state index < -0.39 is 0 Å². The van der Waals surface area contributed by atoms with Gasteiger partial charge >= 0.3 is 6.03 Å². The number of hydrogen-bond acceptors (Lipinski definition) is 3. The quantitative estimate of drug-likeness (QED) is 0.853. The van der Waals surface area contributed by atoms with Crippen molar-refractivity contribution >= 4 is 11.7 Å². The Hall–Kier alpha value is -2.06. The van der Waals surface area contributed by atoms with Gasteiger partial charge in [-0.15, -0.1) is 0 Å². The van der Waals surface area contributed by atoms with Gasteiger partial charge in [-0.2, -0.15) is 5.26 Å². The Balaban J connectivity index is 2.67. The van der Waals surface area contributed by atoms with Crippen LogP contribution in [0.1, 0.15) is 24.9 Å². The summed E-state index contributed by atoms with van der Waals surface area (Å²) in [6.45, 7) is 2.48. The van der Waals surface area contributed by atoms with Crippen LogP contribution in [0.15, 0.2) is 24.3 Å². The number of carbonyl (C=O) groups is 1. The van der Waals surface area contributed by atoms with Gasteiger partial charge in [0.25, 0.3) is 0 Å². The second-order valence-corrected chi connectivity index (χ2v) is 4.40. The van der Waals surface area contributed by atoms with Crippen LogP contribution in [0.3, 0.4) is 0 Å². The topological polar surface area (TPSA) is 68.2 Å². The maximum absolute atomic E-state index is 11.9. The molecule has 0 heterocycles. The maximum atomic E-state index is 11.9. The van der Waals surface area contributed by atoms with Crippen molar-refractivity contribution in [3.63, 3.8) is 0 Å². The van der Waals surface area contributed by atoms with E-state index in [1.54, 1.807) is 7.05 Å². The lowest BCUT2D eigenvalue weighted by molar-refractivity contribution is 0.223. The average Bonchev–Trinajstić information content (AvgIpc) is 2.44. The fourth-order valence-corrected chi connectivity index (χ4v) is 1.59. The minimum atomic E-state index is -0.204. The molecule has 0 radical (unpaired) electrons. The predicted octanol–water partition coefficient (Wildman–Crippen LogP) is 2.34. The van der Waals surface area contributed by atoms with Crippen molar-refractivity contribution in [1.29, 1.82) is 5.26 Å². The van der Waals surface area contributed by atoms with Crippen molar-refractivity contribution in [3.8, 4) is 6.07 Å². The number of benzene rings is 1. The molecule has 1 atom stereocenters. The molecule has 0 aromatic heterocycles. The highest BCUT2D eigenvalue weighted by molar-refractivity contribution is 5.89. The van der Waals surface area contributed by atoms with Crippen LogP contribution in [-0.4, -0.2) is 31.6 Å². The lowest BCUT2D eigenvalue weighted by Crippen LogP contribution is -2.32. The number of amides is 2. The highest BCUT2D eigenvalue weighted by Crippen LogP contribution is 2.17. The first-order chi connectivity index (χ1) is 9.08. The van der Waals surface area contributed by atoms with E-state index in [-0.39, 0.29) is 12.1 Å². The van der Waals surface area contributed by atoms with Gasteiger partial charge in [-0.05, 0) is 31.7 Å². The summed E-state index contributed by atoms with van der Waals surface area (Å²) in [7, 11) is 3.57. The van der Waals surface area contributed by atoms with Crippen LogP contribution in [-0.2, 0) is 0 Å². The molecule has 2 N–H and O–H groups in total. The normalized spacial score (nSPS) is 11.5. The second kappa shape index (κ2) is 7.39. The van der Waals surface area contributed by atoms with E-state index in [1.165, 1.54) is 4.90 Å². The van der Waals surface area contributed by atoms with E-state index >= 15 is 0 Å². The molecule has 0 fully saturated rings. The van der Waals surface area contributed by atoms with Gasteiger partial charge in [-0.3, -0.25) is 0 Å². The van der Waals surface area contributed by atoms with E-state index in [1.807, 2.05) is 37.4 Å². The first kappa shape index (κ1) is 15.0. The fourth-order valence-electron chi connectivity index (χ4n) is 1.59. The second-order valence-electron chi connectivity index (χ2n) is 4.40. The van der Waals surface area contributed by atoms with Gasteiger partial charge in [0, 0.05) is 25.3 Å². The highest BCUT2D eigenvalue weighted by atomic mass is 16.2. The Morgan fingerprint density at radius 1 is 1.53 bits per heavy atom. The van der Waals surface area contributed by atoms with Crippen molar-refractivity contribution < 1.29 is 4.79 Å². The molecule has 5 heteroatoms. The first-order valence-electron chi connectivity index (χ1n) is 6.24. The molecule has 0 aliphatic heterocycles. The van der Waals surface area contributed by atoms with E-state index in [0.29, 0.717) is 13.0 Å². The summed E-state index contributed by atoms with van der Waals surface area (Å²) in [6.07, 6.45) is 0.334. The summed E-state index contributed by atoms with van der Waals surface area (Å²) in [4.78, 5) is 13.4. The average molecular weight is 260 g/mol. The van der Waals surface area contributed by atoms with Crippen LogP contribution >= 0.6 is 0 Å². The molecule has 0 saturated heterocycles. The number of rotatable bonds is 5. The zero-order valence-electron chi connectivity index (χ0n) is 11.6. The Morgan fingerprint density at radius 3 is 2.89 bits per heavy atom. The van der Waals surface area contributed by atoms with Gasteiger partial charge in [-0.25, -0.2) is 4.79 Å².